The van der Waals surface area contributed by atoms with Gasteiger partial charge >= 0.3 is 5.97 Å². The summed E-state index contributed by atoms with van der Waals surface area (Å²) in [6.07, 6.45) is 1.86. The summed E-state index contributed by atoms with van der Waals surface area (Å²) in [5, 5.41) is 12.9. The van der Waals surface area contributed by atoms with Gasteiger partial charge in [0.05, 0.1) is 25.9 Å². The van der Waals surface area contributed by atoms with Crippen LogP contribution in [0.1, 0.15) is 28.9 Å². The number of hydrogen-bond acceptors (Lipinski definition) is 5. The highest BCUT2D eigenvalue weighted by Crippen LogP contribution is 2.34. The van der Waals surface area contributed by atoms with E-state index in [-0.39, 0.29) is 17.9 Å². The van der Waals surface area contributed by atoms with E-state index in [4.69, 9.17) is 5.11 Å². The van der Waals surface area contributed by atoms with E-state index < -0.39 is 5.97 Å². The van der Waals surface area contributed by atoms with Crippen molar-refractivity contribution < 1.29 is 14.7 Å². The Morgan fingerprint density at radius 1 is 1.12 bits per heavy atom. The molecule has 5 nitrogen and oxygen atoms in total. The molecule has 0 radical (unpaired) electrons. The van der Waals surface area contributed by atoms with Crippen molar-refractivity contribution >= 4 is 44.8 Å². The third kappa shape index (κ3) is 3.29. The van der Waals surface area contributed by atoms with Crippen LogP contribution in [0.25, 0.3) is 20.1 Å². The predicted molar refractivity (Wildman–Crippen MR) is 99.2 cm³/mol. The molecule has 0 bridgehead atoms. The fourth-order valence-corrected chi connectivity index (χ4v) is 5.08. The van der Waals surface area contributed by atoms with Gasteiger partial charge in [0, 0.05) is 6.04 Å². The van der Waals surface area contributed by atoms with Gasteiger partial charge in [0.2, 0.25) is 0 Å². The minimum absolute atomic E-state index is 0.0541. The van der Waals surface area contributed by atoms with Crippen LogP contribution in [-0.2, 0) is 4.79 Å². The van der Waals surface area contributed by atoms with Crippen molar-refractivity contribution in [3.05, 3.63) is 41.3 Å². The molecule has 1 fully saturated rings. The first-order valence-corrected chi connectivity index (χ1v) is 9.73. The third-order valence-corrected chi connectivity index (χ3v) is 6.74. The lowest BCUT2D eigenvalue weighted by Gasteiger charge is -2.11. The number of carboxylic acid groups (broad SMARTS) is 1. The Hall–Kier alpha value is -2.25. The summed E-state index contributed by atoms with van der Waals surface area (Å²) in [6, 6.07) is 11.7. The molecule has 1 saturated carbocycles. The molecule has 1 amide bonds. The highest BCUT2D eigenvalue weighted by Gasteiger charge is 2.30. The molecule has 2 N–H and O–H groups in total. The second-order valence-corrected chi connectivity index (χ2v) is 8.28. The van der Waals surface area contributed by atoms with Gasteiger partial charge in [0.25, 0.3) is 5.91 Å². The van der Waals surface area contributed by atoms with Crippen molar-refractivity contribution in [3.8, 4) is 9.88 Å². The van der Waals surface area contributed by atoms with Crippen LogP contribution in [0.3, 0.4) is 0 Å². The van der Waals surface area contributed by atoms with E-state index in [1.165, 1.54) is 11.3 Å². The number of rotatable bonds is 4. The third-order valence-electron chi connectivity index (χ3n) is 4.45. The number of thiazole rings is 1. The highest BCUT2D eigenvalue weighted by atomic mass is 32.1. The summed E-state index contributed by atoms with van der Waals surface area (Å²) < 4.78 is 1.13. The van der Waals surface area contributed by atoms with Gasteiger partial charge < -0.3 is 10.4 Å². The standard InChI is InChI=1S/C18H16N2O3S2/c21-16(19-11-6-5-10(9-11)18(22)23)14-7-8-15(24-14)17-20-12-3-1-2-4-13(12)25-17/h1-4,7-8,10-11H,5-6,9H2,(H,19,21)(H,22,23)/t10-,11+/m1/s1. The van der Waals surface area contributed by atoms with Crippen LogP contribution in [0.5, 0.6) is 0 Å². The Balaban J connectivity index is 1.47. The fourth-order valence-electron chi connectivity index (χ4n) is 3.15. The number of nitrogens with zero attached hydrogens (tertiary/aromatic N) is 1. The number of carbonyl (C=O) groups is 2. The number of para-hydroxylation sites is 1. The minimum Gasteiger partial charge on any atom is -0.481 e. The normalized spacial score (nSPS) is 20.0. The predicted octanol–water partition coefficient (Wildman–Crippen LogP) is 4.01. The van der Waals surface area contributed by atoms with E-state index in [0.29, 0.717) is 17.7 Å². The van der Waals surface area contributed by atoms with Crippen LogP contribution in [0.15, 0.2) is 36.4 Å². The summed E-state index contributed by atoms with van der Waals surface area (Å²) in [5.41, 5.74) is 0.965. The van der Waals surface area contributed by atoms with E-state index in [0.717, 1.165) is 26.5 Å². The van der Waals surface area contributed by atoms with Gasteiger partial charge in [-0.15, -0.1) is 22.7 Å². The number of benzene rings is 1. The van der Waals surface area contributed by atoms with Gasteiger partial charge in [0.15, 0.2) is 0 Å². The van der Waals surface area contributed by atoms with Crippen molar-refractivity contribution in [1.82, 2.24) is 10.3 Å². The van der Waals surface area contributed by atoms with Gasteiger partial charge in [-0.25, -0.2) is 4.98 Å². The topological polar surface area (TPSA) is 79.3 Å². The van der Waals surface area contributed by atoms with Crippen LogP contribution in [0.4, 0.5) is 0 Å². The summed E-state index contributed by atoms with van der Waals surface area (Å²) in [4.78, 5) is 29.7. The molecule has 7 heteroatoms. The molecule has 1 aliphatic carbocycles. The molecule has 0 spiro atoms. The smallest absolute Gasteiger partial charge is 0.306 e. The van der Waals surface area contributed by atoms with Crippen LogP contribution in [0.2, 0.25) is 0 Å². The van der Waals surface area contributed by atoms with Crippen LogP contribution >= 0.6 is 22.7 Å². The maximum absolute atomic E-state index is 12.4. The van der Waals surface area contributed by atoms with Gasteiger partial charge in [-0.3, -0.25) is 9.59 Å². The zero-order chi connectivity index (χ0) is 17.4. The van der Waals surface area contributed by atoms with Crippen LogP contribution in [-0.4, -0.2) is 28.0 Å². The van der Waals surface area contributed by atoms with E-state index in [1.807, 2.05) is 36.4 Å². The number of carbonyl (C=O) groups excluding carboxylic acids is 1. The molecule has 128 valence electrons. The Bertz CT molecular complexity index is 914. The second-order valence-electron chi connectivity index (χ2n) is 6.17. The lowest BCUT2D eigenvalue weighted by atomic mass is 10.1. The average molecular weight is 372 g/mol. The van der Waals surface area contributed by atoms with Gasteiger partial charge in [-0.2, -0.15) is 0 Å². The minimum atomic E-state index is -0.772. The number of fused-ring (bicyclic) bond motifs is 1. The summed E-state index contributed by atoms with van der Waals surface area (Å²) in [7, 11) is 0. The van der Waals surface area contributed by atoms with Crippen LogP contribution < -0.4 is 5.32 Å². The molecule has 0 unspecified atom stereocenters. The Morgan fingerprint density at radius 2 is 1.96 bits per heavy atom. The molecule has 1 aliphatic rings. The molecule has 0 saturated heterocycles. The monoisotopic (exact) mass is 372 g/mol. The van der Waals surface area contributed by atoms with Crippen molar-refractivity contribution in [3.63, 3.8) is 0 Å². The number of amides is 1. The van der Waals surface area contributed by atoms with Crippen molar-refractivity contribution in [2.75, 3.05) is 0 Å². The maximum atomic E-state index is 12.4. The number of aliphatic carboxylic acids is 1. The van der Waals surface area contributed by atoms with Gasteiger partial charge in [-0.05, 0) is 43.5 Å². The fraction of sp³-hybridized carbons (Fsp3) is 0.278. The Labute approximate surface area is 152 Å². The van der Waals surface area contributed by atoms with E-state index in [2.05, 4.69) is 10.3 Å². The number of aromatic nitrogens is 1. The summed E-state index contributed by atoms with van der Waals surface area (Å²) in [5.74, 6) is -1.24. The molecular formula is C18H16N2O3S2. The van der Waals surface area contributed by atoms with E-state index in [9.17, 15) is 9.59 Å². The maximum Gasteiger partial charge on any atom is 0.306 e. The molecule has 2 aromatic heterocycles. The summed E-state index contributed by atoms with van der Waals surface area (Å²) in [6.45, 7) is 0. The van der Waals surface area contributed by atoms with Crippen molar-refractivity contribution in [2.24, 2.45) is 5.92 Å². The Morgan fingerprint density at radius 3 is 2.72 bits per heavy atom. The number of carboxylic acids is 1. The van der Waals surface area contributed by atoms with Gasteiger partial charge in [0.1, 0.15) is 5.01 Å². The SMILES string of the molecule is O=C(N[C@H]1CC[C@@H](C(=O)O)C1)c1ccc(-c2nc3ccccc3s2)s1. The molecule has 25 heavy (non-hydrogen) atoms. The first kappa shape index (κ1) is 16.2. The lowest BCUT2D eigenvalue weighted by molar-refractivity contribution is -0.141. The zero-order valence-electron chi connectivity index (χ0n) is 13.3. The quantitative estimate of drug-likeness (QED) is 0.725. The molecule has 4 rings (SSSR count). The highest BCUT2D eigenvalue weighted by molar-refractivity contribution is 7.26. The number of nitrogens with one attached hydrogen (secondary N) is 1. The van der Waals surface area contributed by atoms with E-state index in [1.54, 1.807) is 11.3 Å². The number of hydrogen-bond donors (Lipinski definition) is 2. The second kappa shape index (κ2) is 6.57. The molecule has 3 aromatic rings. The Kier molecular flexibility index (Phi) is 4.27. The summed E-state index contributed by atoms with van der Waals surface area (Å²) >= 11 is 3.03. The molecule has 1 aromatic carbocycles. The molecule has 0 aliphatic heterocycles. The van der Waals surface area contributed by atoms with Crippen LogP contribution in [0, 0.1) is 5.92 Å². The largest absolute Gasteiger partial charge is 0.481 e. The number of thiophene rings is 1. The lowest BCUT2D eigenvalue weighted by Crippen LogP contribution is -2.32. The first-order chi connectivity index (χ1) is 12.1. The average Bonchev–Trinajstić information content (AvgIpc) is 3.32. The molecule has 2 heterocycles. The zero-order valence-corrected chi connectivity index (χ0v) is 14.9. The van der Waals surface area contributed by atoms with Gasteiger partial charge in [-0.1, -0.05) is 12.1 Å². The van der Waals surface area contributed by atoms with E-state index >= 15 is 0 Å². The molecular weight excluding hydrogens is 356 g/mol. The van der Waals surface area contributed by atoms with Crippen molar-refractivity contribution in [2.45, 2.75) is 25.3 Å². The van der Waals surface area contributed by atoms with Crippen molar-refractivity contribution in [1.29, 1.82) is 0 Å². The first-order valence-electron chi connectivity index (χ1n) is 8.09. The molecule has 2 atom stereocenters.